The van der Waals surface area contributed by atoms with Crippen LogP contribution in [0.5, 0.6) is 11.5 Å². The zero-order valence-electron chi connectivity index (χ0n) is 17.7. The number of benzene rings is 2. The van der Waals surface area contributed by atoms with Crippen LogP contribution in [-0.4, -0.2) is 50.2 Å². The summed E-state index contributed by atoms with van der Waals surface area (Å²) in [5.41, 5.74) is 1.72. The van der Waals surface area contributed by atoms with Crippen LogP contribution in [0, 0.1) is 6.92 Å². The predicted molar refractivity (Wildman–Crippen MR) is 120 cm³/mol. The van der Waals surface area contributed by atoms with Crippen LogP contribution in [0.15, 0.2) is 47.4 Å². The standard InChI is InChI=1S/C22H25N3O4S2/c1-15-14-17(8-9-19(15)28-2)31(26,27)25-12-10-16(11-13-25)21-23-24-22(30-21)18-6-4-5-7-20(18)29-3/h4-9,14,16H,10-13H2,1-3H3. The minimum atomic E-state index is -3.53. The minimum Gasteiger partial charge on any atom is -0.496 e. The number of methoxy groups -OCH3 is 2. The molecule has 7 nitrogen and oxygen atoms in total. The number of nitrogens with zero attached hydrogens (tertiary/aromatic N) is 3. The number of hydrogen-bond acceptors (Lipinski definition) is 7. The highest BCUT2D eigenvalue weighted by Crippen LogP contribution is 2.37. The summed E-state index contributed by atoms with van der Waals surface area (Å²) in [5, 5.41) is 10.5. The molecule has 1 aromatic heterocycles. The fourth-order valence-corrected chi connectivity index (χ4v) is 6.43. The van der Waals surface area contributed by atoms with E-state index in [1.54, 1.807) is 48.1 Å². The summed E-state index contributed by atoms with van der Waals surface area (Å²) in [6, 6.07) is 12.7. The van der Waals surface area contributed by atoms with E-state index in [4.69, 9.17) is 9.47 Å². The van der Waals surface area contributed by atoms with Gasteiger partial charge in [-0.2, -0.15) is 4.31 Å². The molecular formula is C22H25N3O4S2. The lowest BCUT2D eigenvalue weighted by atomic mass is 9.99. The molecule has 0 spiro atoms. The number of piperidine rings is 1. The number of ether oxygens (including phenoxy) is 2. The normalized spacial score (nSPS) is 15.7. The SMILES string of the molecule is COc1ccc(S(=O)(=O)N2CCC(c3nnc(-c4ccccc4OC)s3)CC2)cc1C. The van der Waals surface area contributed by atoms with Gasteiger partial charge >= 0.3 is 0 Å². The maximum absolute atomic E-state index is 13.1. The molecule has 164 valence electrons. The average Bonchev–Trinajstić information content (AvgIpc) is 3.29. The van der Waals surface area contributed by atoms with Gasteiger partial charge in [0.05, 0.1) is 24.7 Å². The quantitative estimate of drug-likeness (QED) is 0.552. The van der Waals surface area contributed by atoms with Gasteiger partial charge in [-0.15, -0.1) is 10.2 Å². The van der Waals surface area contributed by atoms with E-state index in [0.717, 1.165) is 39.7 Å². The van der Waals surface area contributed by atoms with Crippen molar-refractivity contribution in [1.29, 1.82) is 0 Å². The van der Waals surface area contributed by atoms with Crippen LogP contribution in [0.4, 0.5) is 0 Å². The fourth-order valence-electron chi connectivity index (χ4n) is 3.83. The highest BCUT2D eigenvalue weighted by molar-refractivity contribution is 7.89. The van der Waals surface area contributed by atoms with Crippen molar-refractivity contribution in [3.05, 3.63) is 53.0 Å². The summed E-state index contributed by atoms with van der Waals surface area (Å²) >= 11 is 1.55. The molecule has 0 atom stereocenters. The van der Waals surface area contributed by atoms with Crippen molar-refractivity contribution >= 4 is 21.4 Å². The lowest BCUT2D eigenvalue weighted by Crippen LogP contribution is -2.37. The number of hydrogen-bond donors (Lipinski definition) is 0. The Kier molecular flexibility index (Phi) is 6.27. The molecule has 0 radical (unpaired) electrons. The van der Waals surface area contributed by atoms with Crippen molar-refractivity contribution in [2.75, 3.05) is 27.3 Å². The second kappa shape index (κ2) is 8.94. The molecule has 4 rings (SSSR count). The molecular weight excluding hydrogens is 434 g/mol. The first-order chi connectivity index (χ1) is 14.9. The Hall–Kier alpha value is -2.49. The number of sulfonamides is 1. The third-order valence-electron chi connectivity index (χ3n) is 5.59. The summed E-state index contributed by atoms with van der Waals surface area (Å²) in [7, 11) is -0.316. The van der Waals surface area contributed by atoms with E-state index in [1.165, 1.54) is 0 Å². The van der Waals surface area contributed by atoms with Gasteiger partial charge in [0.15, 0.2) is 5.01 Å². The molecule has 31 heavy (non-hydrogen) atoms. The van der Waals surface area contributed by atoms with Crippen molar-refractivity contribution in [3.63, 3.8) is 0 Å². The first-order valence-corrected chi connectivity index (χ1v) is 12.3. The third-order valence-corrected chi connectivity index (χ3v) is 8.60. The maximum atomic E-state index is 13.1. The Balaban J connectivity index is 1.47. The molecule has 0 saturated carbocycles. The molecule has 0 aliphatic carbocycles. The maximum Gasteiger partial charge on any atom is 0.243 e. The molecule has 9 heteroatoms. The molecule has 1 fully saturated rings. The number of aromatic nitrogens is 2. The zero-order valence-corrected chi connectivity index (χ0v) is 19.4. The average molecular weight is 460 g/mol. The Labute approximate surface area is 186 Å². The van der Waals surface area contributed by atoms with Crippen molar-refractivity contribution in [2.45, 2.75) is 30.6 Å². The monoisotopic (exact) mass is 459 g/mol. The van der Waals surface area contributed by atoms with Gasteiger partial charge in [-0.1, -0.05) is 23.5 Å². The second-order valence-electron chi connectivity index (χ2n) is 7.46. The summed E-state index contributed by atoms with van der Waals surface area (Å²) in [6.45, 7) is 2.77. The van der Waals surface area contributed by atoms with Gasteiger partial charge in [-0.3, -0.25) is 0 Å². The molecule has 2 heterocycles. The van der Waals surface area contributed by atoms with E-state index >= 15 is 0 Å². The van der Waals surface area contributed by atoms with Crippen molar-refractivity contribution in [2.24, 2.45) is 0 Å². The molecule has 0 amide bonds. The molecule has 2 aromatic carbocycles. The van der Waals surface area contributed by atoms with Crippen LogP contribution in [0.1, 0.15) is 29.3 Å². The van der Waals surface area contributed by atoms with Crippen LogP contribution in [0.25, 0.3) is 10.6 Å². The lowest BCUT2D eigenvalue weighted by molar-refractivity contribution is 0.318. The van der Waals surface area contributed by atoms with Gasteiger partial charge in [0.2, 0.25) is 10.0 Å². The largest absolute Gasteiger partial charge is 0.496 e. The van der Waals surface area contributed by atoms with Crippen LogP contribution in [-0.2, 0) is 10.0 Å². The van der Waals surface area contributed by atoms with E-state index in [0.29, 0.717) is 23.7 Å². The molecule has 0 N–H and O–H groups in total. The van der Waals surface area contributed by atoms with E-state index < -0.39 is 10.0 Å². The van der Waals surface area contributed by atoms with Crippen LogP contribution >= 0.6 is 11.3 Å². The summed E-state index contributed by atoms with van der Waals surface area (Å²) < 4.78 is 38.4. The van der Waals surface area contributed by atoms with Crippen molar-refractivity contribution in [1.82, 2.24) is 14.5 Å². The van der Waals surface area contributed by atoms with Gasteiger partial charge in [0.1, 0.15) is 16.5 Å². The highest BCUT2D eigenvalue weighted by atomic mass is 32.2. The molecule has 1 saturated heterocycles. The van der Waals surface area contributed by atoms with Crippen molar-refractivity contribution in [3.8, 4) is 22.1 Å². The topological polar surface area (TPSA) is 81.6 Å². The Bertz CT molecular complexity index is 1170. The Morgan fingerprint density at radius 2 is 1.71 bits per heavy atom. The summed E-state index contributed by atoms with van der Waals surface area (Å²) in [5.74, 6) is 1.64. The number of rotatable bonds is 6. The van der Waals surface area contributed by atoms with Gasteiger partial charge in [-0.25, -0.2) is 8.42 Å². The summed E-state index contributed by atoms with van der Waals surface area (Å²) in [6.07, 6.45) is 1.43. The fraction of sp³-hybridized carbons (Fsp3) is 0.364. The molecule has 0 unspecified atom stereocenters. The van der Waals surface area contributed by atoms with E-state index in [9.17, 15) is 8.42 Å². The zero-order chi connectivity index (χ0) is 22.0. The predicted octanol–water partition coefficient (Wildman–Crippen LogP) is 4.10. The van der Waals surface area contributed by atoms with Gasteiger partial charge in [0.25, 0.3) is 0 Å². The number of aryl methyl sites for hydroxylation is 1. The molecule has 3 aromatic rings. The van der Waals surface area contributed by atoms with Gasteiger partial charge < -0.3 is 9.47 Å². The lowest BCUT2D eigenvalue weighted by Gasteiger charge is -2.30. The van der Waals surface area contributed by atoms with Crippen molar-refractivity contribution < 1.29 is 17.9 Å². The van der Waals surface area contributed by atoms with Crippen LogP contribution in [0.3, 0.4) is 0 Å². The van der Waals surface area contributed by atoms with E-state index in [2.05, 4.69) is 10.2 Å². The molecule has 1 aliphatic heterocycles. The Morgan fingerprint density at radius 1 is 1.00 bits per heavy atom. The molecule has 0 bridgehead atoms. The van der Waals surface area contributed by atoms with E-state index in [-0.39, 0.29) is 5.92 Å². The highest BCUT2D eigenvalue weighted by Gasteiger charge is 2.31. The van der Waals surface area contributed by atoms with E-state index in [1.807, 2.05) is 31.2 Å². The first kappa shape index (κ1) is 21.7. The number of para-hydroxylation sites is 1. The minimum absolute atomic E-state index is 0.199. The molecule has 1 aliphatic rings. The smallest absolute Gasteiger partial charge is 0.243 e. The Morgan fingerprint density at radius 3 is 2.39 bits per heavy atom. The third kappa shape index (κ3) is 4.30. The van der Waals surface area contributed by atoms with Gasteiger partial charge in [-0.05, 0) is 55.7 Å². The summed E-state index contributed by atoms with van der Waals surface area (Å²) in [4.78, 5) is 0.304. The first-order valence-electron chi connectivity index (χ1n) is 10.1. The van der Waals surface area contributed by atoms with Crippen LogP contribution in [0.2, 0.25) is 0 Å². The second-order valence-corrected chi connectivity index (χ2v) is 10.4. The van der Waals surface area contributed by atoms with Gasteiger partial charge in [0, 0.05) is 19.0 Å². The van der Waals surface area contributed by atoms with Crippen LogP contribution < -0.4 is 9.47 Å².